The van der Waals surface area contributed by atoms with Gasteiger partial charge in [0, 0.05) is 54.0 Å². The summed E-state index contributed by atoms with van der Waals surface area (Å²) in [4.78, 5) is 36.7. The SMILES string of the molecule is CCCC(=O)c1cc(C)c(-c2cnc3cc(NC(=O)[C@H]4CC4(F)F)ncc3c2)cn1. The summed E-state index contributed by atoms with van der Waals surface area (Å²) in [5, 5.41) is 3.15. The number of fused-ring (bicyclic) bond motifs is 1. The van der Waals surface area contributed by atoms with E-state index in [4.69, 9.17) is 0 Å². The number of nitrogens with zero attached hydrogens (tertiary/aromatic N) is 3. The summed E-state index contributed by atoms with van der Waals surface area (Å²) in [6, 6.07) is 5.21. The number of aryl methyl sites for hydroxylation is 1. The van der Waals surface area contributed by atoms with Crippen molar-refractivity contribution in [3.8, 4) is 11.1 Å². The van der Waals surface area contributed by atoms with Crippen molar-refractivity contribution in [2.24, 2.45) is 5.92 Å². The van der Waals surface area contributed by atoms with E-state index in [1.165, 1.54) is 6.20 Å². The second-order valence-electron chi connectivity index (χ2n) is 7.55. The lowest BCUT2D eigenvalue weighted by Crippen LogP contribution is -2.18. The highest BCUT2D eigenvalue weighted by atomic mass is 19.3. The predicted octanol–water partition coefficient (Wildman–Crippen LogP) is 4.58. The van der Waals surface area contributed by atoms with Crippen LogP contribution in [0.1, 0.15) is 42.2 Å². The summed E-state index contributed by atoms with van der Waals surface area (Å²) in [6.07, 6.45) is 5.68. The van der Waals surface area contributed by atoms with E-state index in [9.17, 15) is 18.4 Å². The van der Waals surface area contributed by atoms with Gasteiger partial charge in [0.2, 0.25) is 5.91 Å². The van der Waals surface area contributed by atoms with Gasteiger partial charge in [-0.2, -0.15) is 0 Å². The van der Waals surface area contributed by atoms with E-state index in [1.807, 2.05) is 19.9 Å². The minimum atomic E-state index is -2.92. The molecule has 1 fully saturated rings. The van der Waals surface area contributed by atoms with Crippen molar-refractivity contribution in [3.63, 3.8) is 0 Å². The third-order valence-corrected chi connectivity index (χ3v) is 5.14. The fraction of sp³-hybridized carbons (Fsp3) is 0.318. The highest BCUT2D eigenvalue weighted by molar-refractivity contribution is 5.96. The highest BCUT2D eigenvalue weighted by Crippen LogP contribution is 2.49. The Morgan fingerprint density at radius 3 is 2.57 bits per heavy atom. The average molecular weight is 410 g/mol. The molecule has 1 aliphatic rings. The number of nitrogens with one attached hydrogen (secondary N) is 1. The molecule has 154 valence electrons. The number of carbonyl (C=O) groups excluding carboxylic acids is 2. The fourth-order valence-corrected chi connectivity index (χ4v) is 3.31. The molecule has 1 aliphatic carbocycles. The molecule has 1 N–H and O–H groups in total. The first kappa shape index (κ1) is 20.0. The van der Waals surface area contributed by atoms with Crippen LogP contribution in [0.5, 0.6) is 0 Å². The van der Waals surface area contributed by atoms with Crippen LogP contribution in [0.4, 0.5) is 14.6 Å². The molecule has 3 aromatic heterocycles. The van der Waals surface area contributed by atoms with Crippen molar-refractivity contribution in [3.05, 3.63) is 48.0 Å². The van der Waals surface area contributed by atoms with Gasteiger partial charge in [-0.15, -0.1) is 0 Å². The molecule has 30 heavy (non-hydrogen) atoms. The van der Waals surface area contributed by atoms with E-state index >= 15 is 0 Å². The summed E-state index contributed by atoms with van der Waals surface area (Å²) in [6.45, 7) is 3.86. The summed E-state index contributed by atoms with van der Waals surface area (Å²) in [7, 11) is 0. The monoisotopic (exact) mass is 410 g/mol. The number of pyridine rings is 3. The maximum atomic E-state index is 13.0. The zero-order valence-corrected chi connectivity index (χ0v) is 16.6. The quantitative estimate of drug-likeness (QED) is 0.602. The van der Waals surface area contributed by atoms with E-state index in [1.54, 1.807) is 24.5 Å². The molecule has 0 unspecified atom stereocenters. The van der Waals surface area contributed by atoms with Gasteiger partial charge in [-0.1, -0.05) is 6.92 Å². The number of amides is 1. The smallest absolute Gasteiger partial charge is 0.260 e. The van der Waals surface area contributed by atoms with Crippen LogP contribution in [0.2, 0.25) is 0 Å². The summed E-state index contributed by atoms with van der Waals surface area (Å²) in [5.41, 5.74) is 3.61. The van der Waals surface area contributed by atoms with Crippen molar-refractivity contribution in [1.29, 1.82) is 0 Å². The van der Waals surface area contributed by atoms with E-state index in [0.717, 1.165) is 28.5 Å². The first-order valence-electron chi connectivity index (χ1n) is 9.73. The summed E-state index contributed by atoms with van der Waals surface area (Å²) >= 11 is 0. The number of hydrogen-bond donors (Lipinski definition) is 1. The molecule has 3 aromatic rings. The molecule has 0 spiro atoms. The number of halogens is 2. The Labute approximate surface area is 171 Å². The standard InChI is InChI=1S/C22H20F2N4O2/c1-3-4-19(29)18-5-12(2)15(11-26-18)13-6-14-10-27-20(7-17(14)25-9-13)28-21(30)16-8-22(16,23)24/h5-7,9-11,16H,3-4,8H2,1-2H3,(H,27,28,30)/t16-/m1/s1. The molecule has 0 saturated heterocycles. The third-order valence-electron chi connectivity index (χ3n) is 5.14. The third kappa shape index (κ3) is 3.90. The van der Waals surface area contributed by atoms with Crippen molar-refractivity contribution < 1.29 is 18.4 Å². The fourth-order valence-electron chi connectivity index (χ4n) is 3.31. The minimum Gasteiger partial charge on any atom is -0.310 e. The lowest BCUT2D eigenvalue weighted by molar-refractivity contribution is -0.119. The lowest BCUT2D eigenvalue weighted by atomic mass is 10.0. The van der Waals surface area contributed by atoms with Gasteiger partial charge >= 0.3 is 0 Å². The molecule has 1 atom stereocenters. The number of anilines is 1. The normalized spacial score (nSPS) is 17.0. The van der Waals surface area contributed by atoms with E-state index in [2.05, 4.69) is 20.3 Å². The van der Waals surface area contributed by atoms with Crippen LogP contribution in [0, 0.1) is 12.8 Å². The molecule has 0 aliphatic heterocycles. The van der Waals surface area contributed by atoms with Crippen LogP contribution in [-0.2, 0) is 4.79 Å². The maximum Gasteiger partial charge on any atom is 0.260 e. The van der Waals surface area contributed by atoms with Crippen molar-refractivity contribution in [2.45, 2.75) is 39.0 Å². The van der Waals surface area contributed by atoms with Crippen LogP contribution < -0.4 is 5.32 Å². The summed E-state index contributed by atoms with van der Waals surface area (Å²) < 4.78 is 26.1. The number of ketones is 1. The number of Topliss-reactive ketones (excluding diaryl/α,β-unsaturated/α-hetero) is 1. The molecule has 8 heteroatoms. The molecular weight excluding hydrogens is 390 g/mol. The van der Waals surface area contributed by atoms with Gasteiger partial charge in [0.05, 0.1) is 5.52 Å². The van der Waals surface area contributed by atoms with Gasteiger partial charge in [0.1, 0.15) is 17.4 Å². The van der Waals surface area contributed by atoms with E-state index < -0.39 is 24.2 Å². The average Bonchev–Trinajstić information content (AvgIpc) is 3.36. The number of alkyl halides is 2. The number of carbonyl (C=O) groups is 2. The zero-order valence-electron chi connectivity index (χ0n) is 16.6. The second-order valence-corrected chi connectivity index (χ2v) is 7.55. The Morgan fingerprint density at radius 1 is 1.13 bits per heavy atom. The summed E-state index contributed by atoms with van der Waals surface area (Å²) in [5.74, 6) is -4.73. The lowest BCUT2D eigenvalue weighted by Gasteiger charge is -2.09. The van der Waals surface area contributed by atoms with Gasteiger partial charge in [0.25, 0.3) is 5.92 Å². The van der Waals surface area contributed by atoms with Crippen LogP contribution in [-0.4, -0.2) is 32.6 Å². The molecule has 0 radical (unpaired) electrons. The van der Waals surface area contributed by atoms with Crippen LogP contribution in [0.3, 0.4) is 0 Å². The van der Waals surface area contributed by atoms with Crippen LogP contribution in [0.15, 0.2) is 36.8 Å². The van der Waals surface area contributed by atoms with Crippen LogP contribution >= 0.6 is 0 Å². The minimum absolute atomic E-state index is 0.0199. The predicted molar refractivity (Wildman–Crippen MR) is 108 cm³/mol. The Kier molecular flexibility index (Phi) is 5.01. The van der Waals surface area contributed by atoms with Gasteiger partial charge in [-0.25, -0.2) is 13.8 Å². The Morgan fingerprint density at radius 2 is 1.90 bits per heavy atom. The van der Waals surface area contributed by atoms with Gasteiger partial charge < -0.3 is 5.32 Å². The zero-order chi connectivity index (χ0) is 21.5. The largest absolute Gasteiger partial charge is 0.310 e. The van der Waals surface area contributed by atoms with Crippen molar-refractivity contribution >= 4 is 28.4 Å². The maximum absolute atomic E-state index is 13.0. The van der Waals surface area contributed by atoms with Crippen molar-refractivity contribution in [2.75, 3.05) is 5.32 Å². The second kappa shape index (κ2) is 7.51. The molecule has 4 rings (SSSR count). The van der Waals surface area contributed by atoms with E-state index in [0.29, 0.717) is 17.6 Å². The van der Waals surface area contributed by atoms with Crippen LogP contribution in [0.25, 0.3) is 22.0 Å². The molecule has 0 bridgehead atoms. The van der Waals surface area contributed by atoms with Gasteiger partial charge in [0.15, 0.2) is 5.78 Å². The number of rotatable bonds is 6. The first-order valence-corrected chi connectivity index (χ1v) is 9.73. The van der Waals surface area contributed by atoms with Crippen molar-refractivity contribution in [1.82, 2.24) is 15.0 Å². The Hall–Kier alpha value is -3.29. The van der Waals surface area contributed by atoms with Gasteiger partial charge in [-0.3, -0.25) is 19.6 Å². The molecule has 3 heterocycles. The highest BCUT2D eigenvalue weighted by Gasteiger charge is 2.61. The molecule has 1 saturated carbocycles. The molecule has 1 amide bonds. The molecule has 6 nitrogen and oxygen atoms in total. The molecular formula is C22H20F2N4O2. The number of hydrogen-bond acceptors (Lipinski definition) is 5. The first-order chi connectivity index (χ1) is 14.3. The Bertz CT molecular complexity index is 1160. The topological polar surface area (TPSA) is 84.8 Å². The van der Waals surface area contributed by atoms with E-state index in [-0.39, 0.29) is 11.6 Å². The Balaban J connectivity index is 1.57. The number of aromatic nitrogens is 3. The molecule has 0 aromatic carbocycles. The van der Waals surface area contributed by atoms with Gasteiger partial charge in [-0.05, 0) is 31.0 Å².